The molecule has 2 heterocycles. The smallest absolute Gasteiger partial charge is 0.225 e. The Morgan fingerprint density at radius 1 is 1.65 bits per heavy atom. The molecule has 0 bridgehead atoms. The van der Waals surface area contributed by atoms with E-state index in [1.54, 1.807) is 6.20 Å². The van der Waals surface area contributed by atoms with Crippen molar-refractivity contribution >= 4 is 11.7 Å². The van der Waals surface area contributed by atoms with Crippen LogP contribution in [0, 0.1) is 12.8 Å². The van der Waals surface area contributed by atoms with Crippen LogP contribution in [0.5, 0.6) is 0 Å². The fourth-order valence-corrected chi connectivity index (χ4v) is 2.16. The summed E-state index contributed by atoms with van der Waals surface area (Å²) in [6.07, 6.45) is 4.59. The highest BCUT2D eigenvalue weighted by molar-refractivity contribution is 5.90. The maximum absolute atomic E-state index is 11.9. The van der Waals surface area contributed by atoms with Gasteiger partial charge in [-0.1, -0.05) is 6.07 Å². The van der Waals surface area contributed by atoms with E-state index in [0.717, 1.165) is 25.1 Å². The minimum atomic E-state index is 0.0699. The Hall–Kier alpha value is -1.42. The Balaban J connectivity index is 1.86. The van der Waals surface area contributed by atoms with Crippen molar-refractivity contribution in [2.75, 3.05) is 18.4 Å². The summed E-state index contributed by atoms with van der Waals surface area (Å²) >= 11 is 0. The van der Waals surface area contributed by atoms with E-state index in [4.69, 9.17) is 0 Å². The zero-order chi connectivity index (χ0) is 12.1. The van der Waals surface area contributed by atoms with Crippen LogP contribution in [0.2, 0.25) is 0 Å². The molecule has 0 spiro atoms. The molecule has 1 saturated heterocycles. The van der Waals surface area contributed by atoms with Crippen LogP contribution in [-0.2, 0) is 4.79 Å². The maximum Gasteiger partial charge on any atom is 0.225 e. The number of hydrogen-bond donors (Lipinski definition) is 2. The SMILES string of the molecule is Cc1cccnc1NC(=O)CC1CCCNC1. The molecule has 1 fully saturated rings. The average Bonchev–Trinajstić information content (AvgIpc) is 2.33. The summed E-state index contributed by atoms with van der Waals surface area (Å²) in [5.74, 6) is 1.22. The first-order valence-electron chi connectivity index (χ1n) is 6.18. The van der Waals surface area contributed by atoms with Gasteiger partial charge in [-0.05, 0) is 50.4 Å². The number of anilines is 1. The van der Waals surface area contributed by atoms with Crippen molar-refractivity contribution in [3.8, 4) is 0 Å². The standard InChI is InChI=1S/C13H19N3O/c1-10-4-2-7-15-13(10)16-12(17)8-11-5-3-6-14-9-11/h2,4,7,11,14H,3,5-6,8-9H2,1H3,(H,15,16,17). The Bertz CT molecular complexity index is 386. The quantitative estimate of drug-likeness (QED) is 0.835. The van der Waals surface area contributed by atoms with Crippen LogP contribution in [0.4, 0.5) is 5.82 Å². The van der Waals surface area contributed by atoms with Gasteiger partial charge in [0.1, 0.15) is 5.82 Å². The van der Waals surface area contributed by atoms with Gasteiger partial charge in [0.25, 0.3) is 0 Å². The van der Waals surface area contributed by atoms with E-state index in [2.05, 4.69) is 15.6 Å². The molecule has 0 saturated carbocycles. The van der Waals surface area contributed by atoms with Gasteiger partial charge in [-0.25, -0.2) is 4.98 Å². The second kappa shape index (κ2) is 5.77. The number of aryl methyl sites for hydroxylation is 1. The molecule has 1 amide bonds. The molecule has 1 aliphatic heterocycles. The largest absolute Gasteiger partial charge is 0.316 e. The third-order valence-electron chi connectivity index (χ3n) is 3.14. The summed E-state index contributed by atoms with van der Waals surface area (Å²) in [5.41, 5.74) is 1.00. The first-order valence-corrected chi connectivity index (χ1v) is 6.18. The molecule has 2 N–H and O–H groups in total. The van der Waals surface area contributed by atoms with Gasteiger partial charge in [-0.2, -0.15) is 0 Å². The van der Waals surface area contributed by atoms with E-state index in [-0.39, 0.29) is 5.91 Å². The van der Waals surface area contributed by atoms with Crippen LogP contribution < -0.4 is 10.6 Å². The van der Waals surface area contributed by atoms with Crippen molar-refractivity contribution in [3.63, 3.8) is 0 Å². The number of rotatable bonds is 3. The molecule has 0 radical (unpaired) electrons. The van der Waals surface area contributed by atoms with Crippen molar-refractivity contribution in [2.45, 2.75) is 26.2 Å². The van der Waals surface area contributed by atoms with Crippen molar-refractivity contribution in [2.24, 2.45) is 5.92 Å². The number of piperidine rings is 1. The number of pyridine rings is 1. The zero-order valence-electron chi connectivity index (χ0n) is 10.2. The van der Waals surface area contributed by atoms with E-state index in [0.29, 0.717) is 18.2 Å². The lowest BCUT2D eigenvalue weighted by atomic mass is 9.96. The monoisotopic (exact) mass is 233 g/mol. The topological polar surface area (TPSA) is 54.0 Å². The molecule has 92 valence electrons. The third-order valence-corrected chi connectivity index (χ3v) is 3.14. The predicted octanol–water partition coefficient (Wildman–Crippen LogP) is 1.72. The van der Waals surface area contributed by atoms with Crippen molar-refractivity contribution in [1.82, 2.24) is 10.3 Å². The molecular weight excluding hydrogens is 214 g/mol. The molecule has 4 heteroatoms. The van der Waals surface area contributed by atoms with Crippen LogP contribution >= 0.6 is 0 Å². The lowest BCUT2D eigenvalue weighted by molar-refractivity contribution is -0.117. The van der Waals surface area contributed by atoms with Crippen molar-refractivity contribution in [1.29, 1.82) is 0 Å². The lowest BCUT2D eigenvalue weighted by Gasteiger charge is -2.22. The Kier molecular flexibility index (Phi) is 4.09. The minimum absolute atomic E-state index is 0.0699. The van der Waals surface area contributed by atoms with E-state index >= 15 is 0 Å². The molecule has 0 aliphatic carbocycles. The van der Waals surface area contributed by atoms with Crippen LogP contribution in [0.1, 0.15) is 24.8 Å². The summed E-state index contributed by atoms with van der Waals surface area (Å²) < 4.78 is 0. The number of carbonyl (C=O) groups excluding carboxylic acids is 1. The minimum Gasteiger partial charge on any atom is -0.316 e. The van der Waals surface area contributed by atoms with Gasteiger partial charge in [0.05, 0.1) is 0 Å². The first-order chi connectivity index (χ1) is 8.25. The van der Waals surface area contributed by atoms with Crippen molar-refractivity contribution < 1.29 is 4.79 Å². The Morgan fingerprint density at radius 2 is 2.53 bits per heavy atom. The molecule has 2 rings (SSSR count). The second-order valence-electron chi connectivity index (χ2n) is 4.63. The molecule has 1 aliphatic rings. The number of nitrogens with zero attached hydrogens (tertiary/aromatic N) is 1. The molecule has 1 aromatic heterocycles. The summed E-state index contributed by atoms with van der Waals surface area (Å²) in [7, 11) is 0. The highest BCUT2D eigenvalue weighted by Gasteiger charge is 2.17. The van der Waals surface area contributed by atoms with E-state index in [1.165, 1.54) is 6.42 Å². The summed E-state index contributed by atoms with van der Waals surface area (Å²) in [6.45, 7) is 3.98. The predicted molar refractivity (Wildman–Crippen MR) is 67.8 cm³/mol. The zero-order valence-corrected chi connectivity index (χ0v) is 10.2. The van der Waals surface area contributed by atoms with Gasteiger partial charge < -0.3 is 10.6 Å². The third kappa shape index (κ3) is 3.53. The van der Waals surface area contributed by atoms with E-state index < -0.39 is 0 Å². The van der Waals surface area contributed by atoms with Gasteiger partial charge in [0.2, 0.25) is 5.91 Å². The van der Waals surface area contributed by atoms with Crippen molar-refractivity contribution in [3.05, 3.63) is 23.9 Å². The number of aromatic nitrogens is 1. The number of amides is 1. The number of nitrogens with one attached hydrogen (secondary N) is 2. The highest BCUT2D eigenvalue weighted by atomic mass is 16.1. The van der Waals surface area contributed by atoms with Gasteiger partial charge in [0, 0.05) is 12.6 Å². The van der Waals surface area contributed by atoms with Crippen LogP contribution in [0.15, 0.2) is 18.3 Å². The summed E-state index contributed by atoms with van der Waals surface area (Å²) in [6, 6.07) is 3.82. The Labute approximate surface area is 102 Å². The molecule has 1 unspecified atom stereocenters. The average molecular weight is 233 g/mol. The fraction of sp³-hybridized carbons (Fsp3) is 0.538. The van der Waals surface area contributed by atoms with E-state index in [9.17, 15) is 4.79 Å². The number of hydrogen-bond acceptors (Lipinski definition) is 3. The van der Waals surface area contributed by atoms with Crippen LogP contribution in [0.25, 0.3) is 0 Å². The summed E-state index contributed by atoms with van der Waals surface area (Å²) in [4.78, 5) is 16.0. The molecule has 17 heavy (non-hydrogen) atoms. The van der Waals surface area contributed by atoms with Gasteiger partial charge in [-0.3, -0.25) is 4.79 Å². The van der Waals surface area contributed by atoms with Crippen LogP contribution in [0.3, 0.4) is 0 Å². The second-order valence-corrected chi connectivity index (χ2v) is 4.63. The maximum atomic E-state index is 11.9. The normalized spacial score (nSPS) is 19.9. The van der Waals surface area contributed by atoms with Gasteiger partial charge >= 0.3 is 0 Å². The number of carbonyl (C=O) groups is 1. The first kappa shape index (κ1) is 12.0. The molecule has 0 aromatic carbocycles. The molecular formula is C13H19N3O. The van der Waals surface area contributed by atoms with Gasteiger partial charge in [-0.15, -0.1) is 0 Å². The fourth-order valence-electron chi connectivity index (χ4n) is 2.16. The summed E-state index contributed by atoms with van der Waals surface area (Å²) in [5, 5.41) is 6.20. The highest BCUT2D eigenvalue weighted by Crippen LogP contribution is 2.16. The lowest BCUT2D eigenvalue weighted by Crippen LogP contribution is -2.32. The van der Waals surface area contributed by atoms with Crippen LogP contribution in [-0.4, -0.2) is 24.0 Å². The molecule has 4 nitrogen and oxygen atoms in total. The Morgan fingerprint density at radius 3 is 3.24 bits per heavy atom. The molecule has 1 aromatic rings. The van der Waals surface area contributed by atoms with E-state index in [1.807, 2.05) is 19.1 Å². The molecule has 1 atom stereocenters. The van der Waals surface area contributed by atoms with Gasteiger partial charge in [0.15, 0.2) is 0 Å².